The van der Waals surface area contributed by atoms with Gasteiger partial charge in [0.25, 0.3) is 5.91 Å². The summed E-state index contributed by atoms with van der Waals surface area (Å²) in [6.07, 6.45) is 5.36. The lowest BCUT2D eigenvalue weighted by Crippen LogP contribution is -2.41. The van der Waals surface area contributed by atoms with Crippen molar-refractivity contribution in [3.05, 3.63) is 41.2 Å². The van der Waals surface area contributed by atoms with Crippen molar-refractivity contribution in [1.82, 2.24) is 9.62 Å². The van der Waals surface area contributed by atoms with Gasteiger partial charge in [-0.3, -0.25) is 4.79 Å². The lowest BCUT2D eigenvalue weighted by Gasteiger charge is -2.31. The lowest BCUT2D eigenvalue weighted by atomic mass is 9.97. The standard InChI is InChI=1S/C17H22N2O4S2/c1-2-15-3-4-16(24-15)25(21,22)18-11-13-5-8-19(9-6-13)17(20)14-7-10-23-12-14/h3-4,7,10,12-13,18H,2,5-6,8-9,11H2,1H3. The van der Waals surface area contributed by atoms with E-state index in [0.29, 0.717) is 29.4 Å². The molecule has 6 nitrogen and oxygen atoms in total. The monoisotopic (exact) mass is 382 g/mol. The van der Waals surface area contributed by atoms with E-state index < -0.39 is 10.0 Å². The van der Waals surface area contributed by atoms with Crippen LogP contribution < -0.4 is 4.72 Å². The van der Waals surface area contributed by atoms with Gasteiger partial charge >= 0.3 is 0 Å². The third-order valence-corrected chi connectivity index (χ3v) is 7.63. The Morgan fingerprint density at radius 3 is 2.68 bits per heavy atom. The van der Waals surface area contributed by atoms with Gasteiger partial charge in [0.15, 0.2) is 0 Å². The van der Waals surface area contributed by atoms with Gasteiger partial charge in [-0.2, -0.15) is 0 Å². The first-order chi connectivity index (χ1) is 12.0. The second-order valence-electron chi connectivity index (χ2n) is 6.17. The van der Waals surface area contributed by atoms with E-state index in [0.717, 1.165) is 24.1 Å². The number of aryl methyl sites for hydroxylation is 1. The zero-order chi connectivity index (χ0) is 17.9. The van der Waals surface area contributed by atoms with Crippen LogP contribution in [0.5, 0.6) is 0 Å². The fourth-order valence-corrected chi connectivity index (χ4v) is 5.36. The van der Waals surface area contributed by atoms with Crippen LogP contribution in [0.25, 0.3) is 0 Å². The van der Waals surface area contributed by atoms with Gasteiger partial charge in [-0.05, 0) is 43.4 Å². The number of sulfonamides is 1. The number of piperidine rings is 1. The highest BCUT2D eigenvalue weighted by Gasteiger charge is 2.25. The molecule has 0 saturated carbocycles. The summed E-state index contributed by atoms with van der Waals surface area (Å²) < 4.78 is 32.8. The molecule has 136 valence electrons. The summed E-state index contributed by atoms with van der Waals surface area (Å²) in [4.78, 5) is 15.1. The minimum atomic E-state index is -3.44. The molecule has 3 rings (SSSR count). The Kier molecular flexibility index (Phi) is 5.61. The molecule has 2 aromatic rings. The molecule has 0 atom stereocenters. The number of thiophene rings is 1. The first-order valence-corrected chi connectivity index (χ1v) is 10.7. The largest absolute Gasteiger partial charge is 0.472 e. The number of likely N-dealkylation sites (tertiary alicyclic amines) is 1. The molecular weight excluding hydrogens is 360 g/mol. The molecule has 3 heterocycles. The molecule has 8 heteroatoms. The van der Waals surface area contributed by atoms with Crippen molar-refractivity contribution in [2.45, 2.75) is 30.4 Å². The molecule has 2 aromatic heterocycles. The number of nitrogens with one attached hydrogen (secondary N) is 1. The highest BCUT2D eigenvalue weighted by molar-refractivity contribution is 7.91. The third-order valence-electron chi connectivity index (χ3n) is 4.48. The Morgan fingerprint density at radius 2 is 2.08 bits per heavy atom. The van der Waals surface area contributed by atoms with E-state index in [-0.39, 0.29) is 11.8 Å². The van der Waals surface area contributed by atoms with Crippen LogP contribution in [0.3, 0.4) is 0 Å². The average molecular weight is 383 g/mol. The van der Waals surface area contributed by atoms with Crippen LogP contribution in [0.4, 0.5) is 0 Å². The Bertz CT molecular complexity index is 804. The van der Waals surface area contributed by atoms with E-state index in [1.54, 1.807) is 17.0 Å². The Labute approximate surface area is 151 Å². The normalized spacial score (nSPS) is 16.3. The highest BCUT2D eigenvalue weighted by Crippen LogP contribution is 2.23. The average Bonchev–Trinajstić information content (AvgIpc) is 3.31. The van der Waals surface area contributed by atoms with Gasteiger partial charge < -0.3 is 9.32 Å². The van der Waals surface area contributed by atoms with Crippen LogP contribution in [-0.4, -0.2) is 38.9 Å². The zero-order valence-corrected chi connectivity index (χ0v) is 15.7. The van der Waals surface area contributed by atoms with Crippen molar-refractivity contribution in [1.29, 1.82) is 0 Å². The molecule has 0 unspecified atom stereocenters. The van der Waals surface area contributed by atoms with Gasteiger partial charge in [0.05, 0.1) is 11.8 Å². The van der Waals surface area contributed by atoms with E-state index in [9.17, 15) is 13.2 Å². The molecule has 0 aromatic carbocycles. The number of hydrogen-bond donors (Lipinski definition) is 1. The van der Waals surface area contributed by atoms with Gasteiger partial charge in [-0.15, -0.1) is 11.3 Å². The van der Waals surface area contributed by atoms with Crippen molar-refractivity contribution in [3.63, 3.8) is 0 Å². The Balaban J connectivity index is 1.50. The van der Waals surface area contributed by atoms with Gasteiger partial charge in [0.2, 0.25) is 10.0 Å². The molecule has 1 fully saturated rings. The molecule has 0 spiro atoms. The van der Waals surface area contributed by atoms with E-state index in [4.69, 9.17) is 4.42 Å². The van der Waals surface area contributed by atoms with Crippen LogP contribution in [-0.2, 0) is 16.4 Å². The molecular formula is C17H22N2O4S2. The van der Waals surface area contributed by atoms with Crippen LogP contribution >= 0.6 is 11.3 Å². The summed E-state index contributed by atoms with van der Waals surface area (Å²) in [5, 5.41) is 0. The number of hydrogen-bond acceptors (Lipinski definition) is 5. The summed E-state index contributed by atoms with van der Waals surface area (Å²) >= 11 is 1.32. The highest BCUT2D eigenvalue weighted by atomic mass is 32.2. The summed E-state index contributed by atoms with van der Waals surface area (Å²) in [5.41, 5.74) is 0.559. The molecule has 0 bridgehead atoms. The number of furan rings is 1. The van der Waals surface area contributed by atoms with E-state index in [2.05, 4.69) is 4.72 Å². The first kappa shape index (κ1) is 18.2. The van der Waals surface area contributed by atoms with Crippen LogP contribution in [0.15, 0.2) is 39.4 Å². The number of rotatable bonds is 6. The molecule has 0 radical (unpaired) electrons. The molecule has 1 amide bonds. The number of amides is 1. The van der Waals surface area contributed by atoms with E-state index in [1.807, 2.05) is 13.0 Å². The van der Waals surface area contributed by atoms with Crippen LogP contribution in [0.2, 0.25) is 0 Å². The van der Waals surface area contributed by atoms with Gasteiger partial charge in [-0.25, -0.2) is 13.1 Å². The Hall–Kier alpha value is -1.64. The third kappa shape index (κ3) is 4.31. The van der Waals surface area contributed by atoms with Crippen molar-refractivity contribution < 1.29 is 17.6 Å². The van der Waals surface area contributed by atoms with E-state index in [1.165, 1.54) is 23.9 Å². The number of carbonyl (C=O) groups is 1. The molecule has 1 saturated heterocycles. The molecule has 25 heavy (non-hydrogen) atoms. The molecule has 1 aliphatic rings. The maximum Gasteiger partial charge on any atom is 0.257 e. The SMILES string of the molecule is CCc1ccc(S(=O)(=O)NCC2CCN(C(=O)c3ccoc3)CC2)s1. The van der Waals surface area contributed by atoms with E-state index >= 15 is 0 Å². The van der Waals surface area contributed by atoms with Crippen molar-refractivity contribution >= 4 is 27.3 Å². The maximum atomic E-state index is 12.4. The van der Waals surface area contributed by atoms with Crippen molar-refractivity contribution in [2.75, 3.05) is 19.6 Å². The lowest BCUT2D eigenvalue weighted by molar-refractivity contribution is 0.0691. The number of carbonyl (C=O) groups excluding carboxylic acids is 1. The predicted molar refractivity (Wildman–Crippen MR) is 96.2 cm³/mol. The zero-order valence-electron chi connectivity index (χ0n) is 14.1. The second-order valence-corrected chi connectivity index (χ2v) is 9.34. The Morgan fingerprint density at radius 1 is 1.32 bits per heavy atom. The minimum absolute atomic E-state index is 0.0292. The summed E-state index contributed by atoms with van der Waals surface area (Å²) in [7, 11) is -3.44. The van der Waals surface area contributed by atoms with Crippen molar-refractivity contribution in [3.8, 4) is 0 Å². The topological polar surface area (TPSA) is 79.6 Å². The summed E-state index contributed by atoms with van der Waals surface area (Å²) in [6, 6.07) is 5.19. The molecule has 1 aliphatic heterocycles. The van der Waals surface area contributed by atoms with Gasteiger partial charge in [0, 0.05) is 24.5 Å². The first-order valence-electron chi connectivity index (χ1n) is 8.39. The summed E-state index contributed by atoms with van der Waals surface area (Å²) in [5.74, 6) is 0.215. The predicted octanol–water partition coefficient (Wildman–Crippen LogP) is 2.73. The minimum Gasteiger partial charge on any atom is -0.472 e. The maximum absolute atomic E-state index is 12.4. The van der Waals surface area contributed by atoms with Crippen molar-refractivity contribution in [2.24, 2.45) is 5.92 Å². The smallest absolute Gasteiger partial charge is 0.257 e. The molecule has 0 aliphatic carbocycles. The van der Waals surface area contributed by atoms with Gasteiger partial charge in [-0.1, -0.05) is 6.92 Å². The fourth-order valence-electron chi connectivity index (χ4n) is 2.90. The fraction of sp³-hybridized carbons (Fsp3) is 0.471. The molecule has 1 N–H and O–H groups in total. The second kappa shape index (κ2) is 7.72. The van der Waals surface area contributed by atoms with Gasteiger partial charge in [0.1, 0.15) is 10.5 Å². The van der Waals surface area contributed by atoms with Crippen LogP contribution in [0.1, 0.15) is 35.0 Å². The number of nitrogens with zero attached hydrogens (tertiary/aromatic N) is 1. The summed E-state index contributed by atoms with van der Waals surface area (Å²) in [6.45, 7) is 3.69. The van der Waals surface area contributed by atoms with Crippen LogP contribution in [0, 0.1) is 5.92 Å². The quantitative estimate of drug-likeness (QED) is 0.833.